The van der Waals surface area contributed by atoms with E-state index in [0.717, 1.165) is 13.0 Å². The predicted octanol–water partition coefficient (Wildman–Crippen LogP) is 4.98. The Bertz CT molecular complexity index is 454. The maximum Gasteiger partial charge on any atom is 0.328 e. The fraction of sp³-hybridized carbons (Fsp3) is 0.895. The van der Waals surface area contributed by atoms with Crippen molar-refractivity contribution < 1.29 is 14.0 Å². The zero-order chi connectivity index (χ0) is 18.6. The molecule has 4 nitrogen and oxygen atoms in total. The Balaban J connectivity index is 2.47. The van der Waals surface area contributed by atoms with Crippen LogP contribution in [0.3, 0.4) is 0 Å². The van der Waals surface area contributed by atoms with Crippen LogP contribution < -0.4 is 0 Å². The van der Waals surface area contributed by atoms with Crippen molar-refractivity contribution in [2.24, 2.45) is 10.4 Å². The van der Waals surface area contributed by atoms with Gasteiger partial charge >= 0.3 is 5.97 Å². The molecule has 5 heteroatoms. The molecule has 0 atom stereocenters. The summed E-state index contributed by atoms with van der Waals surface area (Å²) < 4.78 is 11.7. The van der Waals surface area contributed by atoms with Gasteiger partial charge in [-0.1, -0.05) is 27.2 Å². The fourth-order valence-electron chi connectivity index (χ4n) is 2.41. The summed E-state index contributed by atoms with van der Waals surface area (Å²) in [5, 5.41) is 0.239. The third-order valence-corrected chi connectivity index (χ3v) is 9.73. The summed E-state index contributed by atoms with van der Waals surface area (Å²) >= 11 is 0. The van der Waals surface area contributed by atoms with Crippen LogP contribution in [0.2, 0.25) is 18.1 Å². The van der Waals surface area contributed by atoms with Crippen molar-refractivity contribution in [3.05, 3.63) is 0 Å². The van der Waals surface area contributed by atoms with Gasteiger partial charge in [0.2, 0.25) is 0 Å². The van der Waals surface area contributed by atoms with E-state index in [0.29, 0.717) is 0 Å². The molecule has 1 rings (SSSR count). The minimum atomic E-state index is -1.71. The quantitative estimate of drug-likeness (QED) is 0.367. The van der Waals surface area contributed by atoms with Crippen LogP contribution in [0.25, 0.3) is 0 Å². The molecule has 0 aromatic rings. The van der Waals surface area contributed by atoms with Crippen molar-refractivity contribution in [2.45, 2.75) is 91.0 Å². The van der Waals surface area contributed by atoms with Gasteiger partial charge in [0, 0.05) is 12.8 Å². The van der Waals surface area contributed by atoms with E-state index >= 15 is 0 Å². The van der Waals surface area contributed by atoms with Gasteiger partial charge in [0.05, 0.1) is 0 Å². The van der Waals surface area contributed by atoms with Gasteiger partial charge in [-0.2, -0.15) is 0 Å². The van der Waals surface area contributed by atoms with Gasteiger partial charge in [0.15, 0.2) is 8.32 Å². The lowest BCUT2D eigenvalue weighted by Crippen LogP contribution is -2.46. The molecule has 0 aromatic carbocycles. The van der Waals surface area contributed by atoms with Crippen molar-refractivity contribution in [1.82, 2.24) is 0 Å². The molecule has 1 fully saturated rings. The monoisotopic (exact) mass is 355 g/mol. The first-order chi connectivity index (χ1) is 10.8. The minimum Gasteiger partial charge on any atom is -0.459 e. The number of esters is 1. The van der Waals surface area contributed by atoms with E-state index in [1.807, 2.05) is 27.0 Å². The average molecular weight is 356 g/mol. The van der Waals surface area contributed by atoms with Crippen molar-refractivity contribution in [1.29, 1.82) is 0 Å². The third-order valence-electron chi connectivity index (χ3n) is 5.25. The van der Waals surface area contributed by atoms with Crippen LogP contribution in [0, 0.1) is 5.41 Å². The highest BCUT2D eigenvalue weighted by molar-refractivity contribution is 6.74. The van der Waals surface area contributed by atoms with Gasteiger partial charge < -0.3 is 9.16 Å². The third kappa shape index (κ3) is 6.67. The lowest BCUT2D eigenvalue weighted by molar-refractivity contribution is -0.152. The number of hydrogen-bond acceptors (Lipinski definition) is 4. The zero-order valence-corrected chi connectivity index (χ0v) is 18.0. The summed E-state index contributed by atoms with van der Waals surface area (Å²) in [6.07, 6.45) is 6.45. The van der Waals surface area contributed by atoms with Crippen LogP contribution >= 0.6 is 0 Å². The summed E-state index contributed by atoms with van der Waals surface area (Å²) in [7, 11) is -1.71. The SMILES string of the molecule is CC(C)(C)OC(=O)CN=CCC1(CO[Si](C)(C)C(C)(C)C)CCC1. The van der Waals surface area contributed by atoms with Crippen molar-refractivity contribution in [3.8, 4) is 0 Å². The van der Waals surface area contributed by atoms with E-state index in [4.69, 9.17) is 9.16 Å². The molecule has 0 saturated heterocycles. The van der Waals surface area contributed by atoms with E-state index in [1.54, 1.807) is 0 Å². The van der Waals surface area contributed by atoms with E-state index < -0.39 is 13.9 Å². The molecule has 0 aliphatic heterocycles. The Morgan fingerprint density at radius 2 is 1.75 bits per heavy atom. The largest absolute Gasteiger partial charge is 0.459 e. The Hall–Kier alpha value is -0.683. The van der Waals surface area contributed by atoms with Crippen molar-refractivity contribution in [2.75, 3.05) is 13.2 Å². The molecule has 140 valence electrons. The van der Waals surface area contributed by atoms with Gasteiger partial charge in [-0.25, -0.2) is 0 Å². The maximum absolute atomic E-state index is 11.7. The number of nitrogens with zero attached hydrogens (tertiary/aromatic N) is 1. The van der Waals surface area contributed by atoms with Gasteiger partial charge in [0.25, 0.3) is 0 Å². The molecule has 0 amide bonds. The number of carbonyl (C=O) groups excluding carboxylic acids is 1. The average Bonchev–Trinajstić information content (AvgIpc) is 2.32. The molecule has 0 unspecified atom stereocenters. The molecule has 1 aliphatic carbocycles. The molecule has 24 heavy (non-hydrogen) atoms. The van der Waals surface area contributed by atoms with Gasteiger partial charge in [-0.3, -0.25) is 9.79 Å². The first-order valence-electron chi connectivity index (χ1n) is 9.11. The van der Waals surface area contributed by atoms with Crippen LogP contribution in [0.5, 0.6) is 0 Å². The van der Waals surface area contributed by atoms with Gasteiger partial charge in [-0.05, 0) is 63.6 Å². The lowest BCUT2D eigenvalue weighted by Gasteiger charge is -2.45. The van der Waals surface area contributed by atoms with E-state index in [-0.39, 0.29) is 23.0 Å². The first-order valence-corrected chi connectivity index (χ1v) is 12.0. The predicted molar refractivity (Wildman–Crippen MR) is 103 cm³/mol. The molecule has 1 saturated carbocycles. The number of rotatable bonds is 7. The Kier molecular flexibility index (Phi) is 6.84. The smallest absolute Gasteiger partial charge is 0.328 e. The Morgan fingerprint density at radius 3 is 2.17 bits per heavy atom. The first kappa shape index (κ1) is 21.4. The molecule has 0 heterocycles. The molecule has 0 aromatic heterocycles. The van der Waals surface area contributed by atoms with Crippen molar-refractivity contribution in [3.63, 3.8) is 0 Å². The van der Waals surface area contributed by atoms with Crippen LogP contribution in [0.4, 0.5) is 0 Å². The highest BCUT2D eigenvalue weighted by Crippen LogP contribution is 2.46. The standard InChI is InChI=1S/C19H37NO3Si/c1-17(2,3)23-16(21)14-20-13-12-19(10-9-11-19)15-22-24(7,8)18(4,5)6/h13H,9-12,14-15H2,1-8H3. The molecule has 0 spiro atoms. The molecule has 0 bridgehead atoms. The van der Waals surface area contributed by atoms with Crippen LogP contribution in [-0.2, 0) is 14.0 Å². The second-order valence-corrected chi connectivity index (χ2v) is 14.5. The molecule has 0 radical (unpaired) electrons. The normalized spacial score (nSPS) is 18.5. The summed E-state index contributed by atoms with van der Waals surface area (Å²) in [6, 6.07) is 0. The highest BCUT2D eigenvalue weighted by Gasteiger charge is 2.42. The van der Waals surface area contributed by atoms with Crippen LogP contribution in [0.1, 0.15) is 67.2 Å². The topological polar surface area (TPSA) is 47.9 Å². The number of aliphatic imine (C=N–C) groups is 1. The second kappa shape index (κ2) is 7.69. The lowest BCUT2D eigenvalue weighted by atomic mass is 9.67. The molecule has 0 N–H and O–H groups in total. The zero-order valence-electron chi connectivity index (χ0n) is 17.0. The Morgan fingerprint density at radius 1 is 1.17 bits per heavy atom. The summed E-state index contributed by atoms with van der Waals surface area (Å²) in [4.78, 5) is 16.0. The Labute approximate surface area is 149 Å². The number of ether oxygens (including phenoxy) is 1. The summed E-state index contributed by atoms with van der Waals surface area (Å²) in [5.74, 6) is -0.265. The summed E-state index contributed by atoms with van der Waals surface area (Å²) in [6.45, 7) is 18.0. The van der Waals surface area contributed by atoms with E-state index in [2.05, 4.69) is 38.9 Å². The van der Waals surface area contributed by atoms with Crippen LogP contribution in [-0.4, -0.2) is 39.3 Å². The van der Waals surface area contributed by atoms with Crippen molar-refractivity contribution >= 4 is 20.5 Å². The van der Waals surface area contributed by atoms with E-state index in [9.17, 15) is 4.79 Å². The summed E-state index contributed by atoms with van der Waals surface area (Å²) in [5.41, 5.74) is -0.217. The molecular formula is C19H37NO3Si. The van der Waals surface area contributed by atoms with Gasteiger partial charge in [-0.15, -0.1) is 0 Å². The highest BCUT2D eigenvalue weighted by atomic mass is 28.4. The second-order valence-electron chi connectivity index (χ2n) is 9.72. The minimum absolute atomic E-state index is 0.108. The fourth-order valence-corrected chi connectivity index (χ4v) is 3.51. The van der Waals surface area contributed by atoms with E-state index in [1.165, 1.54) is 19.3 Å². The molecular weight excluding hydrogens is 318 g/mol. The maximum atomic E-state index is 11.7. The number of hydrogen-bond donors (Lipinski definition) is 0. The molecule has 1 aliphatic rings. The number of carbonyl (C=O) groups is 1. The van der Waals surface area contributed by atoms with Crippen LogP contribution in [0.15, 0.2) is 4.99 Å². The van der Waals surface area contributed by atoms with Gasteiger partial charge in [0.1, 0.15) is 12.1 Å².